The molecule has 0 aromatic heterocycles. The van der Waals surface area contributed by atoms with E-state index in [1.165, 1.54) is 14.0 Å². The third-order valence-corrected chi connectivity index (χ3v) is 12.6. The van der Waals surface area contributed by atoms with Crippen molar-refractivity contribution in [2.75, 3.05) is 28.3 Å². The lowest BCUT2D eigenvalue weighted by Crippen LogP contribution is -2.61. The van der Waals surface area contributed by atoms with Crippen LogP contribution >= 0.6 is 0 Å². The number of likely N-dealkylation sites (N-methyl/N-ethyl adjacent to an activating group) is 1. The number of methoxy groups -OCH3 is 2. The summed E-state index contributed by atoms with van der Waals surface area (Å²) in [5.41, 5.74) is -3.22. The van der Waals surface area contributed by atoms with Gasteiger partial charge >= 0.3 is 5.97 Å². The number of esters is 1. The highest BCUT2D eigenvalue weighted by Gasteiger charge is 2.53. The highest BCUT2D eigenvalue weighted by Crippen LogP contribution is 2.43. The molecule has 0 aliphatic carbocycles. The second-order valence-electron chi connectivity index (χ2n) is 16.8. The Hall–Kier alpha value is -1.23. The molecule has 0 saturated carbocycles. The third-order valence-electron chi connectivity index (χ3n) is 12.6. The minimum absolute atomic E-state index is 0.160. The number of hydrogen-bond acceptors (Lipinski definition) is 13. The lowest BCUT2D eigenvalue weighted by Gasteiger charge is -2.50. The second kappa shape index (κ2) is 17.7. The van der Waals surface area contributed by atoms with Gasteiger partial charge in [-0.05, 0) is 80.8 Å². The van der Waals surface area contributed by atoms with Gasteiger partial charge in [-0.25, -0.2) is 0 Å². The van der Waals surface area contributed by atoms with Crippen LogP contribution in [-0.4, -0.2) is 144 Å². The maximum Gasteiger partial charge on any atom is 0.311 e. The van der Waals surface area contributed by atoms with E-state index in [1.807, 2.05) is 46.7 Å². The van der Waals surface area contributed by atoms with Crippen LogP contribution in [0.2, 0.25) is 0 Å². The average molecular weight is 746 g/mol. The lowest BCUT2D eigenvalue weighted by molar-refractivity contribution is -0.319. The van der Waals surface area contributed by atoms with Crippen molar-refractivity contribution < 1.29 is 58.4 Å². The summed E-state index contributed by atoms with van der Waals surface area (Å²) in [7, 11) is 6.92. The zero-order valence-corrected chi connectivity index (χ0v) is 34.2. The van der Waals surface area contributed by atoms with Crippen molar-refractivity contribution in [3.8, 4) is 0 Å². The number of hydrogen-bond donors (Lipinski definition) is 4. The molecule has 1 unspecified atom stereocenters. The molecule has 13 heteroatoms. The molecule has 3 heterocycles. The molecule has 0 radical (unpaired) electrons. The summed E-state index contributed by atoms with van der Waals surface area (Å²) in [6, 6.07) is -0.243. The van der Waals surface area contributed by atoms with E-state index in [4.69, 9.17) is 33.2 Å². The first-order chi connectivity index (χ1) is 24.0. The van der Waals surface area contributed by atoms with Crippen LogP contribution in [0.25, 0.3) is 0 Å². The molecule has 0 spiro atoms. The Morgan fingerprint density at radius 2 is 1.48 bits per heavy atom. The molecule has 4 N–H and O–H groups in total. The largest absolute Gasteiger partial charge is 0.459 e. The van der Waals surface area contributed by atoms with Crippen LogP contribution in [-0.2, 0) is 38.0 Å². The zero-order valence-electron chi connectivity index (χ0n) is 34.2. The van der Waals surface area contributed by atoms with E-state index in [9.17, 15) is 25.2 Å². The number of aliphatic hydroxyl groups is 4. The molecular weight excluding hydrogens is 674 g/mol. The Balaban J connectivity index is 2.22. The van der Waals surface area contributed by atoms with Crippen molar-refractivity contribution in [2.24, 2.45) is 23.7 Å². The van der Waals surface area contributed by atoms with Crippen molar-refractivity contribution in [3.63, 3.8) is 0 Å². The highest BCUT2D eigenvalue weighted by atomic mass is 16.7. The van der Waals surface area contributed by atoms with E-state index in [1.54, 1.807) is 41.7 Å². The van der Waals surface area contributed by atoms with Gasteiger partial charge in [0.1, 0.15) is 23.9 Å². The highest BCUT2D eigenvalue weighted by molar-refractivity contribution is 5.73. The predicted octanol–water partition coefficient (Wildman–Crippen LogP) is 3.43. The van der Waals surface area contributed by atoms with E-state index in [-0.39, 0.29) is 30.9 Å². The van der Waals surface area contributed by atoms with Gasteiger partial charge in [0.2, 0.25) is 0 Å². The molecule has 0 aromatic rings. The van der Waals surface area contributed by atoms with Gasteiger partial charge in [-0.2, -0.15) is 0 Å². The first-order valence-corrected chi connectivity index (χ1v) is 19.0. The van der Waals surface area contributed by atoms with Gasteiger partial charge in [0.15, 0.2) is 12.6 Å². The third kappa shape index (κ3) is 9.41. The summed E-state index contributed by atoms with van der Waals surface area (Å²) in [6.45, 7) is 22.4. The van der Waals surface area contributed by atoms with E-state index >= 15 is 0 Å². The zero-order chi connectivity index (χ0) is 39.7. The summed E-state index contributed by atoms with van der Waals surface area (Å²) in [5, 5.41) is 45.9. The number of ether oxygens (including phenoxy) is 7. The molecule has 3 rings (SSSR count). The molecule has 0 bridgehead atoms. The summed E-state index contributed by atoms with van der Waals surface area (Å²) >= 11 is 0. The van der Waals surface area contributed by atoms with Crippen LogP contribution < -0.4 is 0 Å². The molecule has 13 nitrogen and oxygen atoms in total. The van der Waals surface area contributed by atoms with Crippen LogP contribution in [0, 0.1) is 23.7 Å². The van der Waals surface area contributed by atoms with Gasteiger partial charge in [-0.3, -0.25) is 4.79 Å². The summed E-state index contributed by atoms with van der Waals surface area (Å²) < 4.78 is 44.3. The molecular formula is C39H71NO12. The molecule has 3 aliphatic heterocycles. The molecule has 0 amide bonds. The minimum Gasteiger partial charge on any atom is -0.459 e. The van der Waals surface area contributed by atoms with Crippen LogP contribution in [0.15, 0.2) is 12.2 Å². The number of rotatable bonds is 8. The summed E-state index contributed by atoms with van der Waals surface area (Å²) in [6.07, 6.45) is -7.55. The Morgan fingerprint density at radius 3 is 2.02 bits per heavy atom. The normalized spacial score (nSPS) is 49.0. The number of cyclic esters (lactones) is 1. The van der Waals surface area contributed by atoms with Crippen LogP contribution in [0.5, 0.6) is 0 Å². The molecule has 18 atom stereocenters. The van der Waals surface area contributed by atoms with Crippen LogP contribution in [0.3, 0.4) is 0 Å². The Labute approximate surface area is 312 Å². The van der Waals surface area contributed by atoms with E-state index in [0.29, 0.717) is 18.4 Å². The fourth-order valence-electron chi connectivity index (χ4n) is 8.66. The topological polar surface area (TPSA) is 166 Å². The number of aliphatic hydroxyl groups excluding tert-OH is 3. The first-order valence-electron chi connectivity index (χ1n) is 19.0. The molecule has 52 heavy (non-hydrogen) atoms. The van der Waals surface area contributed by atoms with Crippen LogP contribution in [0.1, 0.15) is 94.9 Å². The van der Waals surface area contributed by atoms with Crippen molar-refractivity contribution in [2.45, 2.75) is 179 Å². The Morgan fingerprint density at radius 1 is 0.885 bits per heavy atom. The lowest BCUT2D eigenvalue weighted by atomic mass is 9.72. The standard InChI is InChI=1S/C39H71NO12/c1-16-28-39(11,45)32(42)23(5)22(4)20(2)18-38(10,47-15)34(52-36-30(41)27(40(12)13)17-21(3)48-36)24(6)31(25(7)35(44)50-28)51-29-19-37(9,46-14)33(43)26(8)49-29/h20-21,23-34,36,41-43,45H,4,16-19H2,1-3,5-15H3/t20-,21-,23+,24+,25-,26+,27+,28-,29+,30-,31+,32-,33+,34?,36+,37-,38-,39-/m1/s1. The van der Waals surface area contributed by atoms with E-state index < -0.39 is 95.8 Å². The van der Waals surface area contributed by atoms with Gasteiger partial charge in [0, 0.05) is 38.5 Å². The predicted molar refractivity (Wildman–Crippen MR) is 195 cm³/mol. The minimum atomic E-state index is -1.80. The SMILES string of the molecule is C=C1[C@H](C)C[C@@](C)(OC)C(O[C@@H]2O[C@H](C)C[C@H](N(C)C)[C@H]2O)[C@@H](C)[C@H](O[C@H]2C[C@@](C)(OC)[C@@H](O)[C@H](C)O2)[C@@H](C)C(=O)O[C@H](CC)[C@@](C)(O)[C@H](O)[C@H]1C. The number of carbonyl (C=O) groups is 1. The second-order valence-corrected chi connectivity index (χ2v) is 16.8. The number of nitrogens with zero attached hydrogens (tertiary/aromatic N) is 1. The fraction of sp³-hybridized carbons (Fsp3) is 0.923. The Kier molecular flexibility index (Phi) is 15.4. The van der Waals surface area contributed by atoms with Gasteiger partial charge < -0.3 is 58.5 Å². The van der Waals surface area contributed by atoms with Crippen molar-refractivity contribution in [1.82, 2.24) is 4.90 Å². The van der Waals surface area contributed by atoms with E-state index in [2.05, 4.69) is 6.58 Å². The fourth-order valence-corrected chi connectivity index (χ4v) is 8.66. The molecule has 304 valence electrons. The molecule has 3 saturated heterocycles. The van der Waals surface area contributed by atoms with Gasteiger partial charge in [0.25, 0.3) is 0 Å². The van der Waals surface area contributed by atoms with Crippen molar-refractivity contribution in [1.29, 1.82) is 0 Å². The Bertz CT molecular complexity index is 1190. The average Bonchev–Trinajstić information content (AvgIpc) is 3.09. The smallest absolute Gasteiger partial charge is 0.311 e. The van der Waals surface area contributed by atoms with Gasteiger partial charge in [-0.1, -0.05) is 39.8 Å². The maximum absolute atomic E-state index is 14.2. The number of carbonyl (C=O) groups excluding carboxylic acids is 1. The maximum atomic E-state index is 14.2. The van der Waals surface area contributed by atoms with E-state index in [0.717, 1.165) is 0 Å². The van der Waals surface area contributed by atoms with Crippen molar-refractivity contribution in [3.05, 3.63) is 12.2 Å². The van der Waals surface area contributed by atoms with Crippen molar-refractivity contribution >= 4 is 5.97 Å². The van der Waals surface area contributed by atoms with Gasteiger partial charge in [0.05, 0.1) is 47.6 Å². The summed E-state index contributed by atoms with van der Waals surface area (Å²) in [5.74, 6) is -3.07. The quantitative estimate of drug-likeness (QED) is 0.211. The molecule has 0 aromatic carbocycles. The van der Waals surface area contributed by atoms with Crippen LogP contribution in [0.4, 0.5) is 0 Å². The first kappa shape index (κ1) is 45.2. The molecule has 3 aliphatic rings. The molecule has 3 fully saturated rings. The monoisotopic (exact) mass is 745 g/mol. The summed E-state index contributed by atoms with van der Waals surface area (Å²) in [4.78, 5) is 16.2. The van der Waals surface area contributed by atoms with Gasteiger partial charge in [-0.15, -0.1) is 0 Å².